The van der Waals surface area contributed by atoms with Crippen LogP contribution in [0.15, 0.2) is 48.5 Å². The van der Waals surface area contributed by atoms with Crippen LogP contribution in [0, 0.1) is 11.8 Å². The summed E-state index contributed by atoms with van der Waals surface area (Å²) >= 11 is 0. The molecule has 2 aromatic carbocycles. The number of nitrogens with one attached hydrogen (secondary N) is 2. The van der Waals surface area contributed by atoms with E-state index < -0.39 is 20.0 Å². The van der Waals surface area contributed by atoms with Gasteiger partial charge >= 0.3 is 0 Å². The molecule has 3 amide bonds. The van der Waals surface area contributed by atoms with Gasteiger partial charge in [-0.2, -0.15) is 0 Å². The van der Waals surface area contributed by atoms with Gasteiger partial charge in [0.25, 0.3) is 5.91 Å². The minimum Gasteiger partial charge on any atom is -0.432 e. The molecule has 3 saturated heterocycles. The molecule has 2 aromatic rings. The molecule has 6 rings (SSSR count). The van der Waals surface area contributed by atoms with Crippen molar-refractivity contribution >= 4 is 37.4 Å². The number of hydrogen-bond donors (Lipinski definition) is 4. The third-order valence-electron chi connectivity index (χ3n) is 10.4. The van der Waals surface area contributed by atoms with Crippen LogP contribution in [0.4, 0.5) is 11.4 Å². The molecule has 0 radical (unpaired) electrons. The maximum absolute atomic E-state index is 14.7. The Morgan fingerprint density at radius 3 is 2.67 bits per heavy atom. The smallest absolute Gasteiger partial charge is 0.264 e. The van der Waals surface area contributed by atoms with E-state index in [2.05, 4.69) is 10.6 Å². The van der Waals surface area contributed by atoms with Crippen LogP contribution >= 0.6 is 0 Å². The molecule has 0 saturated carbocycles. The molecule has 1 spiro atoms. The second kappa shape index (κ2) is 12.6. The summed E-state index contributed by atoms with van der Waals surface area (Å²) in [7, 11) is -2.92. The van der Waals surface area contributed by atoms with Crippen molar-refractivity contribution in [2.24, 2.45) is 11.8 Å². The van der Waals surface area contributed by atoms with E-state index in [0.717, 1.165) is 49.0 Å². The second-order valence-electron chi connectivity index (χ2n) is 13.8. The van der Waals surface area contributed by atoms with Gasteiger partial charge in [-0.05, 0) is 69.1 Å². The lowest BCUT2D eigenvalue weighted by atomic mass is 9.82. The Hall–Kier alpha value is -3.09. The molecule has 11 heteroatoms. The van der Waals surface area contributed by atoms with E-state index >= 15 is 0 Å². The van der Waals surface area contributed by atoms with Crippen molar-refractivity contribution in [3.8, 4) is 0 Å². The van der Waals surface area contributed by atoms with E-state index in [0.29, 0.717) is 18.8 Å². The van der Waals surface area contributed by atoms with Crippen molar-refractivity contribution < 1.29 is 29.0 Å². The molecule has 0 aliphatic carbocycles. The summed E-state index contributed by atoms with van der Waals surface area (Å²) < 4.78 is 6.82. The first-order valence-corrected chi connectivity index (χ1v) is 19.4. The summed E-state index contributed by atoms with van der Waals surface area (Å²) in [6.07, 6.45) is 2.86. The van der Waals surface area contributed by atoms with Crippen molar-refractivity contribution in [2.75, 3.05) is 36.5 Å². The van der Waals surface area contributed by atoms with E-state index in [1.807, 2.05) is 68.5 Å². The molecular weight excluding hydrogens is 588 g/mol. The van der Waals surface area contributed by atoms with Gasteiger partial charge in [0.15, 0.2) is 13.9 Å². The predicted molar refractivity (Wildman–Crippen MR) is 174 cm³/mol. The lowest BCUT2D eigenvalue weighted by molar-refractivity contribution is -0.150. The van der Waals surface area contributed by atoms with Crippen molar-refractivity contribution in [2.45, 2.75) is 82.0 Å². The van der Waals surface area contributed by atoms with E-state index in [1.54, 1.807) is 9.80 Å². The standard InChI is InChI=1S/C34H46N4O6Si/c1-22-31(45(2,3)43)29(18-30(40)37-16-8-12-26(37)21-39)44-34(22)27-13-4-5-14-28(27)38(33(34)42)20-23-9-6-11-25(17-23)36-32(41)24-10-7-15-35-19-24/h4-6,9,11,13-14,17,22,24,26,29,31,35,39,43H,7-8,10,12,15-16,18-21H2,1-3H3,(H,36,41)/t22-,24?,26+,29+,31-,34+/m1/s1. The van der Waals surface area contributed by atoms with Crippen molar-refractivity contribution in [3.63, 3.8) is 0 Å². The zero-order valence-corrected chi connectivity index (χ0v) is 27.5. The molecule has 10 nitrogen and oxygen atoms in total. The van der Waals surface area contributed by atoms with Crippen LogP contribution < -0.4 is 15.5 Å². The minimum absolute atomic E-state index is 0.00395. The van der Waals surface area contributed by atoms with Gasteiger partial charge in [0.05, 0.1) is 43.3 Å². The van der Waals surface area contributed by atoms with Crippen LogP contribution in [0.25, 0.3) is 0 Å². The highest BCUT2D eigenvalue weighted by atomic mass is 28.4. The lowest BCUT2D eigenvalue weighted by Crippen LogP contribution is -2.46. The molecule has 4 N–H and O–H groups in total. The number of rotatable bonds is 8. The molecule has 4 aliphatic rings. The van der Waals surface area contributed by atoms with Gasteiger partial charge in [-0.3, -0.25) is 14.4 Å². The zero-order valence-electron chi connectivity index (χ0n) is 26.5. The Bertz CT molecular complexity index is 1440. The number of anilines is 2. The topological polar surface area (TPSA) is 131 Å². The van der Waals surface area contributed by atoms with Crippen molar-refractivity contribution in [1.29, 1.82) is 0 Å². The average Bonchev–Trinajstić information content (AvgIpc) is 3.68. The van der Waals surface area contributed by atoms with E-state index in [4.69, 9.17) is 4.74 Å². The van der Waals surface area contributed by atoms with Crippen molar-refractivity contribution in [3.05, 3.63) is 59.7 Å². The number of aliphatic hydroxyl groups excluding tert-OH is 1. The fourth-order valence-corrected chi connectivity index (χ4v) is 10.8. The van der Waals surface area contributed by atoms with Crippen LogP contribution in [-0.4, -0.2) is 79.2 Å². The average molecular weight is 635 g/mol. The van der Waals surface area contributed by atoms with Gasteiger partial charge in [0.2, 0.25) is 11.8 Å². The van der Waals surface area contributed by atoms with Gasteiger partial charge in [-0.15, -0.1) is 0 Å². The van der Waals surface area contributed by atoms with Gasteiger partial charge in [0.1, 0.15) is 0 Å². The maximum atomic E-state index is 14.7. The van der Waals surface area contributed by atoms with Crippen LogP contribution in [0.2, 0.25) is 18.6 Å². The van der Waals surface area contributed by atoms with Crippen LogP contribution in [0.5, 0.6) is 0 Å². The fourth-order valence-electron chi connectivity index (χ4n) is 8.28. The highest BCUT2D eigenvalue weighted by Crippen LogP contribution is 2.59. The monoisotopic (exact) mass is 634 g/mol. The Labute approximate surface area is 266 Å². The third-order valence-corrected chi connectivity index (χ3v) is 12.9. The second-order valence-corrected chi connectivity index (χ2v) is 17.7. The summed E-state index contributed by atoms with van der Waals surface area (Å²) in [5.41, 5.74) is 1.37. The molecule has 1 unspecified atom stereocenters. The summed E-state index contributed by atoms with van der Waals surface area (Å²) in [4.78, 5) is 56.1. The van der Waals surface area contributed by atoms with Crippen LogP contribution in [-0.2, 0) is 31.3 Å². The van der Waals surface area contributed by atoms with E-state index in [1.165, 1.54) is 0 Å². The minimum atomic E-state index is -2.92. The molecule has 0 aromatic heterocycles. The number of hydrogen-bond acceptors (Lipinski definition) is 7. The number of aliphatic hydroxyl groups is 1. The number of para-hydroxylation sites is 1. The fraction of sp³-hybridized carbons (Fsp3) is 0.559. The molecule has 3 fully saturated rings. The number of ether oxygens (including phenoxy) is 1. The van der Waals surface area contributed by atoms with E-state index in [-0.39, 0.29) is 60.7 Å². The molecule has 4 aliphatic heterocycles. The summed E-state index contributed by atoms with van der Waals surface area (Å²) in [5, 5.41) is 16.2. The van der Waals surface area contributed by atoms with Crippen LogP contribution in [0.1, 0.15) is 50.2 Å². The summed E-state index contributed by atoms with van der Waals surface area (Å²) in [6.45, 7) is 8.08. The van der Waals surface area contributed by atoms with Gasteiger partial charge in [-0.1, -0.05) is 37.3 Å². The number of carbonyl (C=O) groups is 3. The maximum Gasteiger partial charge on any atom is 0.264 e. The number of fused-ring (bicyclic) bond motifs is 2. The largest absolute Gasteiger partial charge is 0.432 e. The SMILES string of the molecule is C[C@@H]1[C@@H]([Si](C)(C)O)[C@H](CC(=O)N2CCC[C@H]2CO)O[C@@]12C(=O)N(Cc1cccc(NC(=O)C3CCCNC3)c1)c1ccccc12. The Kier molecular flexibility index (Phi) is 8.92. The van der Waals surface area contributed by atoms with Crippen molar-refractivity contribution in [1.82, 2.24) is 10.2 Å². The quantitative estimate of drug-likeness (QED) is 0.328. The number of carbonyl (C=O) groups excluding carboxylic acids is 3. The molecular formula is C34H46N4O6Si. The first-order chi connectivity index (χ1) is 21.5. The lowest BCUT2D eigenvalue weighted by Gasteiger charge is -2.32. The van der Waals surface area contributed by atoms with E-state index in [9.17, 15) is 24.3 Å². The Balaban J connectivity index is 1.27. The summed E-state index contributed by atoms with van der Waals surface area (Å²) in [6, 6.07) is 15.0. The number of benzene rings is 2. The predicted octanol–water partition coefficient (Wildman–Crippen LogP) is 3.34. The highest BCUT2D eigenvalue weighted by Gasteiger charge is 2.66. The molecule has 0 bridgehead atoms. The number of nitrogens with zero attached hydrogens (tertiary/aromatic N) is 2. The number of piperidine rings is 1. The van der Waals surface area contributed by atoms with Gasteiger partial charge in [0, 0.05) is 35.8 Å². The number of amides is 3. The zero-order chi connectivity index (χ0) is 31.9. The number of likely N-dealkylation sites (tertiary alicyclic amines) is 1. The molecule has 242 valence electrons. The third kappa shape index (κ3) is 5.85. The molecule has 4 heterocycles. The van der Waals surface area contributed by atoms with Crippen LogP contribution in [0.3, 0.4) is 0 Å². The Morgan fingerprint density at radius 2 is 1.93 bits per heavy atom. The first kappa shape index (κ1) is 31.9. The molecule has 6 atom stereocenters. The van der Waals surface area contributed by atoms with Gasteiger partial charge in [-0.25, -0.2) is 0 Å². The Morgan fingerprint density at radius 1 is 1.13 bits per heavy atom. The normalized spacial score (nSPS) is 29.8. The van der Waals surface area contributed by atoms with Gasteiger partial charge < -0.3 is 35.1 Å². The summed E-state index contributed by atoms with van der Waals surface area (Å²) in [5.74, 6) is -0.755. The first-order valence-electron chi connectivity index (χ1n) is 16.4. The highest BCUT2D eigenvalue weighted by molar-refractivity contribution is 6.71. The molecule has 45 heavy (non-hydrogen) atoms.